The van der Waals surface area contributed by atoms with Gasteiger partial charge in [-0.25, -0.2) is 4.98 Å². The van der Waals surface area contributed by atoms with E-state index in [-0.39, 0.29) is 5.91 Å². The van der Waals surface area contributed by atoms with Crippen LogP contribution in [0.25, 0.3) is 0 Å². The smallest absolute Gasteiger partial charge is 0.224 e. The van der Waals surface area contributed by atoms with E-state index < -0.39 is 0 Å². The number of nitrogens with zero attached hydrogens (tertiary/aromatic N) is 1. The van der Waals surface area contributed by atoms with E-state index in [0.29, 0.717) is 13.0 Å². The molecule has 0 spiro atoms. The summed E-state index contributed by atoms with van der Waals surface area (Å²) in [6, 6.07) is 9.80. The molecule has 1 heterocycles. The zero-order chi connectivity index (χ0) is 13.5. The maximum Gasteiger partial charge on any atom is 0.224 e. The molecule has 0 aliphatic rings. The Morgan fingerprint density at radius 1 is 1.32 bits per heavy atom. The van der Waals surface area contributed by atoms with Gasteiger partial charge in [0, 0.05) is 24.0 Å². The van der Waals surface area contributed by atoms with Gasteiger partial charge in [-0.15, -0.1) is 11.3 Å². The summed E-state index contributed by atoms with van der Waals surface area (Å²) in [5, 5.41) is 6.15. The molecule has 2 aromatic rings. The molecular formula is C15H18N2OS. The minimum Gasteiger partial charge on any atom is -0.356 e. The standard InChI is InChI=1S/C15H18N2OS/c1-12-11-19-15(17-12)8-5-9-16-14(18)10-13-6-3-2-4-7-13/h2-4,6-7,11H,5,8-10H2,1H3,(H,16,18). The highest BCUT2D eigenvalue weighted by atomic mass is 32.1. The fraction of sp³-hybridized carbons (Fsp3) is 0.333. The quantitative estimate of drug-likeness (QED) is 0.823. The molecule has 19 heavy (non-hydrogen) atoms. The highest BCUT2D eigenvalue weighted by Gasteiger charge is 2.03. The SMILES string of the molecule is Cc1csc(CCCNC(=O)Cc2ccccc2)n1. The fourth-order valence-electron chi connectivity index (χ4n) is 1.83. The predicted molar refractivity (Wildman–Crippen MR) is 78.3 cm³/mol. The molecule has 2 rings (SSSR count). The third-order valence-corrected chi connectivity index (χ3v) is 3.79. The number of benzene rings is 1. The maximum absolute atomic E-state index is 11.7. The van der Waals surface area contributed by atoms with Gasteiger partial charge in [-0.2, -0.15) is 0 Å². The van der Waals surface area contributed by atoms with E-state index in [9.17, 15) is 4.79 Å². The average molecular weight is 274 g/mol. The Balaban J connectivity index is 1.64. The van der Waals surface area contributed by atoms with Crippen molar-refractivity contribution in [1.82, 2.24) is 10.3 Å². The zero-order valence-electron chi connectivity index (χ0n) is 11.1. The first-order chi connectivity index (χ1) is 9.24. The Morgan fingerprint density at radius 2 is 2.11 bits per heavy atom. The molecule has 0 saturated heterocycles. The van der Waals surface area contributed by atoms with Crippen molar-refractivity contribution < 1.29 is 4.79 Å². The Hall–Kier alpha value is -1.68. The van der Waals surface area contributed by atoms with Crippen molar-refractivity contribution in [2.45, 2.75) is 26.2 Å². The molecule has 0 saturated carbocycles. The minimum absolute atomic E-state index is 0.0847. The lowest BCUT2D eigenvalue weighted by atomic mass is 10.1. The number of aromatic nitrogens is 1. The first kappa shape index (κ1) is 13.7. The second kappa shape index (κ2) is 7.04. The highest BCUT2D eigenvalue weighted by molar-refractivity contribution is 7.09. The lowest BCUT2D eigenvalue weighted by Gasteiger charge is -2.04. The lowest BCUT2D eigenvalue weighted by Crippen LogP contribution is -2.26. The number of carbonyl (C=O) groups excluding carboxylic acids is 1. The molecule has 3 nitrogen and oxygen atoms in total. The van der Waals surface area contributed by atoms with Crippen molar-refractivity contribution in [3.8, 4) is 0 Å². The van der Waals surface area contributed by atoms with Crippen LogP contribution in [0.1, 0.15) is 22.7 Å². The van der Waals surface area contributed by atoms with Crippen molar-refractivity contribution in [1.29, 1.82) is 0 Å². The lowest BCUT2D eigenvalue weighted by molar-refractivity contribution is -0.120. The molecule has 0 aliphatic carbocycles. The van der Waals surface area contributed by atoms with Crippen molar-refractivity contribution >= 4 is 17.2 Å². The van der Waals surface area contributed by atoms with Crippen LogP contribution in [-0.2, 0) is 17.6 Å². The van der Waals surface area contributed by atoms with Gasteiger partial charge in [0.2, 0.25) is 5.91 Å². The highest BCUT2D eigenvalue weighted by Crippen LogP contribution is 2.10. The molecule has 4 heteroatoms. The van der Waals surface area contributed by atoms with Crippen LogP contribution in [0, 0.1) is 6.92 Å². The van der Waals surface area contributed by atoms with Crippen molar-refractivity contribution in [3.63, 3.8) is 0 Å². The molecule has 0 bridgehead atoms. The average Bonchev–Trinajstić information content (AvgIpc) is 2.82. The summed E-state index contributed by atoms with van der Waals surface area (Å²) in [6.07, 6.45) is 2.33. The third-order valence-electron chi connectivity index (χ3n) is 2.76. The molecule has 0 aliphatic heterocycles. The molecule has 0 fully saturated rings. The zero-order valence-corrected chi connectivity index (χ0v) is 11.9. The molecule has 0 unspecified atom stereocenters. The van der Waals surface area contributed by atoms with Gasteiger partial charge in [-0.1, -0.05) is 30.3 Å². The van der Waals surface area contributed by atoms with Gasteiger partial charge in [0.15, 0.2) is 0 Å². The number of aryl methyl sites for hydroxylation is 2. The number of nitrogens with one attached hydrogen (secondary N) is 1. The van der Waals surface area contributed by atoms with Gasteiger partial charge in [0.25, 0.3) is 0 Å². The van der Waals surface area contributed by atoms with E-state index in [2.05, 4.69) is 15.7 Å². The van der Waals surface area contributed by atoms with Crippen molar-refractivity contribution in [2.75, 3.05) is 6.54 Å². The second-order valence-corrected chi connectivity index (χ2v) is 5.44. The normalized spacial score (nSPS) is 10.4. The van der Waals surface area contributed by atoms with Crippen LogP contribution in [0.15, 0.2) is 35.7 Å². The molecule has 0 radical (unpaired) electrons. The van der Waals surface area contributed by atoms with Gasteiger partial charge in [-0.3, -0.25) is 4.79 Å². The van der Waals surface area contributed by atoms with Gasteiger partial charge in [0.1, 0.15) is 0 Å². The summed E-state index contributed by atoms with van der Waals surface area (Å²) >= 11 is 1.69. The summed E-state index contributed by atoms with van der Waals surface area (Å²) in [4.78, 5) is 16.1. The van der Waals surface area contributed by atoms with Gasteiger partial charge >= 0.3 is 0 Å². The first-order valence-electron chi connectivity index (χ1n) is 6.45. The van der Waals surface area contributed by atoms with E-state index in [0.717, 1.165) is 29.1 Å². The van der Waals surface area contributed by atoms with Crippen LogP contribution in [0.5, 0.6) is 0 Å². The van der Waals surface area contributed by atoms with Gasteiger partial charge in [0.05, 0.1) is 11.4 Å². The Bertz CT molecular complexity index is 522. The number of rotatable bonds is 6. The Morgan fingerprint density at radius 3 is 2.79 bits per heavy atom. The van der Waals surface area contributed by atoms with Crippen LogP contribution >= 0.6 is 11.3 Å². The van der Waals surface area contributed by atoms with Crippen LogP contribution in [0.2, 0.25) is 0 Å². The van der Waals surface area contributed by atoms with Crippen molar-refractivity contribution in [2.24, 2.45) is 0 Å². The van der Waals surface area contributed by atoms with Gasteiger partial charge in [-0.05, 0) is 18.9 Å². The molecule has 1 aromatic carbocycles. The molecule has 1 amide bonds. The number of carbonyl (C=O) groups is 1. The monoisotopic (exact) mass is 274 g/mol. The summed E-state index contributed by atoms with van der Waals surface area (Å²) < 4.78 is 0. The summed E-state index contributed by atoms with van der Waals surface area (Å²) in [7, 11) is 0. The van der Waals surface area contributed by atoms with E-state index in [1.54, 1.807) is 11.3 Å². The first-order valence-corrected chi connectivity index (χ1v) is 7.33. The largest absolute Gasteiger partial charge is 0.356 e. The van der Waals surface area contributed by atoms with Crippen molar-refractivity contribution in [3.05, 3.63) is 52.0 Å². The topological polar surface area (TPSA) is 42.0 Å². The summed E-state index contributed by atoms with van der Waals surface area (Å²) in [5.74, 6) is 0.0847. The molecule has 100 valence electrons. The Labute approximate surface area is 117 Å². The van der Waals surface area contributed by atoms with E-state index in [1.807, 2.05) is 37.3 Å². The minimum atomic E-state index is 0.0847. The van der Waals surface area contributed by atoms with E-state index in [1.165, 1.54) is 0 Å². The number of amides is 1. The van der Waals surface area contributed by atoms with E-state index >= 15 is 0 Å². The maximum atomic E-state index is 11.7. The van der Waals surface area contributed by atoms with E-state index in [4.69, 9.17) is 0 Å². The number of hydrogen-bond donors (Lipinski definition) is 1. The molecule has 0 atom stereocenters. The second-order valence-electron chi connectivity index (χ2n) is 4.50. The predicted octanol–water partition coefficient (Wildman–Crippen LogP) is 2.74. The van der Waals surface area contributed by atoms with Crippen LogP contribution in [0.4, 0.5) is 0 Å². The summed E-state index contributed by atoms with van der Waals surface area (Å²) in [5.41, 5.74) is 2.13. The third kappa shape index (κ3) is 4.83. The Kier molecular flexibility index (Phi) is 5.10. The van der Waals surface area contributed by atoms with Crippen LogP contribution in [-0.4, -0.2) is 17.4 Å². The van der Waals surface area contributed by atoms with Crippen LogP contribution < -0.4 is 5.32 Å². The summed E-state index contributed by atoms with van der Waals surface area (Å²) in [6.45, 7) is 2.71. The molecule has 1 aromatic heterocycles. The van der Waals surface area contributed by atoms with Gasteiger partial charge < -0.3 is 5.32 Å². The number of thiazole rings is 1. The van der Waals surface area contributed by atoms with Crippen LogP contribution in [0.3, 0.4) is 0 Å². The molecule has 1 N–H and O–H groups in total. The molecular weight excluding hydrogens is 256 g/mol. The number of hydrogen-bond acceptors (Lipinski definition) is 3. The fourth-order valence-corrected chi connectivity index (χ4v) is 2.65.